The van der Waals surface area contributed by atoms with E-state index in [1.54, 1.807) is 30.3 Å². The molecule has 31 heavy (non-hydrogen) atoms. The molecule has 0 aromatic heterocycles. The van der Waals surface area contributed by atoms with Crippen LogP contribution in [0, 0.1) is 6.92 Å². The maximum Gasteiger partial charge on any atom is 0.336 e. The summed E-state index contributed by atoms with van der Waals surface area (Å²) in [6.45, 7) is 3.77. The van der Waals surface area contributed by atoms with E-state index in [0.717, 1.165) is 16.1 Å². The number of hydrogen-bond acceptors (Lipinski definition) is 4. The van der Waals surface area contributed by atoms with E-state index in [2.05, 4.69) is 10.6 Å². The number of carbonyl (C=O) groups is 3. The Morgan fingerprint density at radius 3 is 2.16 bits per heavy atom. The Kier molecular flexibility index (Phi) is 7.10. The summed E-state index contributed by atoms with van der Waals surface area (Å²) in [7, 11) is 0. The van der Waals surface area contributed by atoms with Crippen LogP contribution in [0.5, 0.6) is 0 Å². The molecule has 0 spiro atoms. The first-order valence-electron chi connectivity index (χ1n) is 9.61. The molecule has 0 aliphatic rings. The molecule has 0 aliphatic carbocycles. The number of anilines is 2. The molecule has 0 aliphatic heterocycles. The number of benzene rings is 3. The monoisotopic (exact) mass is 434 g/mol. The Hall–Kier alpha value is -3.58. The van der Waals surface area contributed by atoms with E-state index in [1.165, 1.54) is 23.9 Å². The summed E-state index contributed by atoms with van der Waals surface area (Å²) in [5.74, 6) is -1.80. The van der Waals surface area contributed by atoms with Crippen molar-refractivity contribution >= 4 is 40.9 Å². The number of hydrogen-bond donors (Lipinski definition) is 3. The molecule has 7 heteroatoms. The van der Waals surface area contributed by atoms with Gasteiger partial charge in [-0.2, -0.15) is 0 Å². The zero-order valence-electron chi connectivity index (χ0n) is 17.1. The normalized spacial score (nSPS) is 11.4. The Morgan fingerprint density at radius 2 is 1.48 bits per heavy atom. The first-order chi connectivity index (χ1) is 14.8. The third-order valence-electron chi connectivity index (χ3n) is 4.46. The van der Waals surface area contributed by atoms with Gasteiger partial charge in [-0.3, -0.25) is 9.59 Å². The van der Waals surface area contributed by atoms with E-state index in [4.69, 9.17) is 0 Å². The maximum absolute atomic E-state index is 12.6. The SMILES string of the molecule is Cc1cccc(NC(=O)C(C)Sc2cccc(NC(=O)c3ccccc3C(=O)O)c2)c1. The number of rotatable bonds is 7. The van der Waals surface area contributed by atoms with Crippen LogP contribution in [0.15, 0.2) is 77.7 Å². The van der Waals surface area contributed by atoms with Gasteiger partial charge in [-0.15, -0.1) is 11.8 Å². The molecule has 0 saturated carbocycles. The van der Waals surface area contributed by atoms with Crippen LogP contribution in [0.25, 0.3) is 0 Å². The minimum atomic E-state index is -1.16. The first kappa shape index (κ1) is 22.1. The Bertz CT molecular complexity index is 1130. The summed E-state index contributed by atoms with van der Waals surface area (Å²) >= 11 is 1.36. The van der Waals surface area contributed by atoms with Gasteiger partial charge in [0.25, 0.3) is 5.91 Å². The molecule has 3 aromatic rings. The summed E-state index contributed by atoms with van der Waals surface area (Å²) in [5.41, 5.74) is 2.34. The second-order valence-corrected chi connectivity index (χ2v) is 8.37. The molecule has 1 unspecified atom stereocenters. The molecule has 158 valence electrons. The minimum absolute atomic E-state index is 0.0630. The van der Waals surface area contributed by atoms with E-state index in [-0.39, 0.29) is 22.3 Å². The number of carboxylic acid groups (broad SMARTS) is 1. The van der Waals surface area contributed by atoms with Gasteiger partial charge in [0.2, 0.25) is 5.91 Å². The van der Waals surface area contributed by atoms with E-state index in [1.807, 2.05) is 44.2 Å². The molecule has 0 radical (unpaired) electrons. The topological polar surface area (TPSA) is 95.5 Å². The van der Waals surface area contributed by atoms with Crippen LogP contribution in [0.1, 0.15) is 33.2 Å². The van der Waals surface area contributed by atoms with Crippen molar-refractivity contribution < 1.29 is 19.5 Å². The molecular formula is C24H22N2O4S. The smallest absolute Gasteiger partial charge is 0.336 e. The highest BCUT2D eigenvalue weighted by molar-refractivity contribution is 8.00. The van der Waals surface area contributed by atoms with Crippen LogP contribution in [0.4, 0.5) is 11.4 Å². The second kappa shape index (κ2) is 9.95. The lowest BCUT2D eigenvalue weighted by Gasteiger charge is -2.13. The molecule has 0 fully saturated rings. The van der Waals surface area contributed by atoms with E-state index in [0.29, 0.717) is 5.69 Å². The van der Waals surface area contributed by atoms with Crippen molar-refractivity contribution in [1.29, 1.82) is 0 Å². The zero-order chi connectivity index (χ0) is 22.4. The van der Waals surface area contributed by atoms with E-state index >= 15 is 0 Å². The lowest BCUT2D eigenvalue weighted by atomic mass is 10.1. The number of aryl methyl sites for hydroxylation is 1. The van der Waals surface area contributed by atoms with Crippen LogP contribution >= 0.6 is 11.8 Å². The first-order valence-corrected chi connectivity index (χ1v) is 10.5. The number of thioether (sulfide) groups is 1. The summed E-state index contributed by atoms with van der Waals surface area (Å²) in [6, 6.07) is 20.7. The van der Waals surface area contributed by atoms with Crippen LogP contribution in [0.3, 0.4) is 0 Å². The van der Waals surface area contributed by atoms with Crippen molar-refractivity contribution in [2.24, 2.45) is 0 Å². The molecule has 3 aromatic carbocycles. The summed E-state index contributed by atoms with van der Waals surface area (Å²) < 4.78 is 0. The van der Waals surface area contributed by atoms with Gasteiger partial charge in [0, 0.05) is 16.3 Å². The quantitative estimate of drug-likeness (QED) is 0.452. The predicted octanol–water partition coefficient (Wildman–Crippen LogP) is 5.06. The summed E-state index contributed by atoms with van der Waals surface area (Å²) in [4.78, 5) is 37.2. The van der Waals surface area contributed by atoms with Crippen molar-refractivity contribution in [3.63, 3.8) is 0 Å². The maximum atomic E-state index is 12.6. The molecule has 3 rings (SSSR count). The summed E-state index contributed by atoms with van der Waals surface area (Å²) in [5, 5.41) is 14.5. The van der Waals surface area contributed by atoms with Gasteiger partial charge >= 0.3 is 5.97 Å². The largest absolute Gasteiger partial charge is 0.478 e. The van der Waals surface area contributed by atoms with Gasteiger partial charge in [-0.25, -0.2) is 4.79 Å². The lowest BCUT2D eigenvalue weighted by Crippen LogP contribution is -2.22. The fourth-order valence-corrected chi connectivity index (χ4v) is 3.86. The van der Waals surface area contributed by atoms with Crippen molar-refractivity contribution in [1.82, 2.24) is 0 Å². The highest BCUT2D eigenvalue weighted by Gasteiger charge is 2.17. The number of carbonyl (C=O) groups excluding carboxylic acids is 2. The Balaban J connectivity index is 1.67. The lowest BCUT2D eigenvalue weighted by molar-refractivity contribution is -0.115. The average molecular weight is 435 g/mol. The number of amides is 2. The third kappa shape index (κ3) is 5.96. The average Bonchev–Trinajstić information content (AvgIpc) is 2.74. The van der Waals surface area contributed by atoms with Gasteiger partial charge in [0.1, 0.15) is 0 Å². The molecule has 0 heterocycles. The second-order valence-electron chi connectivity index (χ2n) is 6.95. The predicted molar refractivity (Wildman–Crippen MR) is 123 cm³/mol. The fourth-order valence-electron chi connectivity index (χ4n) is 2.94. The molecular weight excluding hydrogens is 412 g/mol. The Labute approximate surface area is 184 Å². The summed E-state index contributed by atoms with van der Waals surface area (Å²) in [6.07, 6.45) is 0. The molecule has 0 saturated heterocycles. The third-order valence-corrected chi connectivity index (χ3v) is 5.56. The van der Waals surface area contributed by atoms with Crippen molar-refractivity contribution in [3.8, 4) is 0 Å². The van der Waals surface area contributed by atoms with Gasteiger partial charge in [0.05, 0.1) is 16.4 Å². The van der Waals surface area contributed by atoms with Crippen LogP contribution in [0.2, 0.25) is 0 Å². The molecule has 1 atom stereocenters. The molecule has 0 bridgehead atoms. The van der Waals surface area contributed by atoms with Crippen molar-refractivity contribution in [3.05, 3.63) is 89.5 Å². The Morgan fingerprint density at radius 1 is 0.839 bits per heavy atom. The standard InChI is InChI=1S/C24H22N2O4S/c1-15-7-5-8-17(13-15)25-22(27)16(2)31-19-10-6-9-18(14-19)26-23(28)20-11-3-4-12-21(20)24(29)30/h3-14,16H,1-2H3,(H,25,27)(H,26,28)(H,29,30). The van der Waals surface area contributed by atoms with E-state index in [9.17, 15) is 19.5 Å². The van der Waals surface area contributed by atoms with Gasteiger partial charge in [-0.05, 0) is 61.9 Å². The highest BCUT2D eigenvalue weighted by Crippen LogP contribution is 2.27. The zero-order valence-corrected chi connectivity index (χ0v) is 17.9. The fraction of sp³-hybridized carbons (Fsp3) is 0.125. The number of aromatic carboxylic acids is 1. The number of carboxylic acids is 1. The molecule has 2 amide bonds. The van der Waals surface area contributed by atoms with Gasteiger partial charge in [-0.1, -0.05) is 30.3 Å². The van der Waals surface area contributed by atoms with Gasteiger partial charge in [0.15, 0.2) is 0 Å². The van der Waals surface area contributed by atoms with Crippen LogP contribution in [-0.2, 0) is 4.79 Å². The van der Waals surface area contributed by atoms with Crippen LogP contribution < -0.4 is 10.6 Å². The van der Waals surface area contributed by atoms with Gasteiger partial charge < -0.3 is 15.7 Å². The molecule has 6 nitrogen and oxygen atoms in total. The van der Waals surface area contributed by atoms with E-state index < -0.39 is 11.9 Å². The van der Waals surface area contributed by atoms with Crippen LogP contribution in [-0.4, -0.2) is 28.1 Å². The number of nitrogens with one attached hydrogen (secondary N) is 2. The molecule has 3 N–H and O–H groups in total. The van der Waals surface area contributed by atoms with Crippen molar-refractivity contribution in [2.75, 3.05) is 10.6 Å². The minimum Gasteiger partial charge on any atom is -0.478 e. The van der Waals surface area contributed by atoms with Crippen molar-refractivity contribution in [2.45, 2.75) is 24.0 Å². The highest BCUT2D eigenvalue weighted by atomic mass is 32.2.